The van der Waals surface area contributed by atoms with Crippen molar-refractivity contribution in [1.29, 1.82) is 0 Å². The van der Waals surface area contributed by atoms with Crippen LogP contribution in [-0.2, 0) is 0 Å². The minimum Gasteiger partial charge on any atom is -0.486 e. The Balaban J connectivity index is 1.68. The van der Waals surface area contributed by atoms with E-state index in [-0.39, 0.29) is 0 Å². The van der Waals surface area contributed by atoms with Crippen molar-refractivity contribution < 1.29 is 4.74 Å². The highest BCUT2D eigenvalue weighted by molar-refractivity contribution is 6.13. The predicted molar refractivity (Wildman–Crippen MR) is 111 cm³/mol. The largest absolute Gasteiger partial charge is 0.486 e. The predicted octanol–water partition coefficient (Wildman–Crippen LogP) is 4.30. The van der Waals surface area contributed by atoms with Crippen LogP contribution in [0.5, 0.6) is 5.75 Å². The topological polar surface area (TPSA) is 51.4 Å². The Hall–Kier alpha value is -3.08. The second-order valence-corrected chi connectivity index (χ2v) is 7.28. The Morgan fingerprint density at radius 3 is 2.78 bits per heavy atom. The van der Waals surface area contributed by atoms with Gasteiger partial charge in [-0.15, -0.1) is 0 Å². The van der Waals surface area contributed by atoms with E-state index in [1.165, 1.54) is 27.2 Å². The van der Waals surface area contributed by atoms with Gasteiger partial charge in [-0.25, -0.2) is 0 Å². The summed E-state index contributed by atoms with van der Waals surface area (Å²) in [6.45, 7) is 6.68. The quantitative estimate of drug-likeness (QED) is 0.592. The molecule has 3 heterocycles. The van der Waals surface area contributed by atoms with E-state index in [4.69, 9.17) is 4.74 Å². The molecule has 0 unspecified atom stereocenters. The molecule has 136 valence electrons. The summed E-state index contributed by atoms with van der Waals surface area (Å²) in [6.07, 6.45) is 3.78. The number of nitrogens with one attached hydrogen (secondary N) is 1. The Labute approximate surface area is 157 Å². The molecule has 0 fully saturated rings. The van der Waals surface area contributed by atoms with Crippen LogP contribution in [0.25, 0.3) is 32.6 Å². The number of fused-ring (bicyclic) bond motifs is 4. The van der Waals surface area contributed by atoms with Crippen molar-refractivity contribution in [1.82, 2.24) is 14.9 Å². The molecule has 27 heavy (non-hydrogen) atoms. The summed E-state index contributed by atoms with van der Waals surface area (Å²) in [5.74, 6) is 1.80. The normalized spacial score (nSPS) is 14.3. The van der Waals surface area contributed by atoms with Crippen LogP contribution in [0, 0.1) is 0 Å². The van der Waals surface area contributed by atoms with Crippen LogP contribution in [0.1, 0.15) is 19.9 Å². The Morgan fingerprint density at radius 1 is 1.07 bits per heavy atom. The lowest BCUT2D eigenvalue weighted by Gasteiger charge is -2.12. The molecule has 0 saturated carbocycles. The minimum atomic E-state index is 0.369. The van der Waals surface area contributed by atoms with Gasteiger partial charge in [-0.3, -0.25) is 9.98 Å². The van der Waals surface area contributed by atoms with E-state index in [0.717, 1.165) is 30.1 Å². The van der Waals surface area contributed by atoms with E-state index < -0.39 is 0 Å². The first-order valence-electron chi connectivity index (χ1n) is 9.42. The van der Waals surface area contributed by atoms with Crippen LogP contribution in [0.2, 0.25) is 0 Å². The van der Waals surface area contributed by atoms with Crippen molar-refractivity contribution >= 4 is 38.4 Å². The maximum absolute atomic E-state index is 5.99. The number of aromatic nitrogens is 2. The van der Waals surface area contributed by atoms with Gasteiger partial charge in [0.05, 0.1) is 6.54 Å². The number of ether oxygens (including phenoxy) is 1. The molecule has 0 spiro atoms. The molecule has 5 nitrogen and oxygen atoms in total. The summed E-state index contributed by atoms with van der Waals surface area (Å²) in [7, 11) is 0. The van der Waals surface area contributed by atoms with E-state index in [1.807, 2.05) is 12.4 Å². The van der Waals surface area contributed by atoms with Gasteiger partial charge in [-0.05, 0) is 55.6 Å². The molecule has 4 aromatic rings. The first-order valence-corrected chi connectivity index (χ1v) is 9.42. The van der Waals surface area contributed by atoms with Crippen molar-refractivity contribution in [3.05, 3.63) is 48.8 Å². The average molecular weight is 358 g/mol. The number of amidine groups is 1. The molecule has 1 N–H and O–H groups in total. The van der Waals surface area contributed by atoms with Crippen LogP contribution in [0.3, 0.4) is 0 Å². The van der Waals surface area contributed by atoms with Crippen molar-refractivity contribution in [2.75, 3.05) is 19.7 Å². The van der Waals surface area contributed by atoms with Crippen molar-refractivity contribution in [3.8, 4) is 5.75 Å². The van der Waals surface area contributed by atoms with Gasteiger partial charge in [-0.2, -0.15) is 0 Å². The molecule has 0 atom stereocenters. The number of pyridine rings is 1. The molecule has 0 aliphatic carbocycles. The fraction of sp³-hybridized carbons (Fsp3) is 0.273. The lowest BCUT2D eigenvalue weighted by Crippen LogP contribution is -2.24. The standard InChI is InChI=1S/C22H22N4O/c1-14(2)26-20-4-3-17(27-13-22-24-7-8-25-22)11-19(20)18-9-16-12-23-6-5-15(16)10-21(18)26/h3-6,9-12,14H,7-8,13H2,1-2H3,(H,24,25). The van der Waals surface area contributed by atoms with Crippen LogP contribution < -0.4 is 10.1 Å². The Kier molecular flexibility index (Phi) is 3.74. The molecule has 5 rings (SSSR count). The Morgan fingerprint density at radius 2 is 1.96 bits per heavy atom. The molecule has 0 amide bonds. The van der Waals surface area contributed by atoms with Crippen LogP contribution in [0.15, 0.2) is 53.8 Å². The summed E-state index contributed by atoms with van der Waals surface area (Å²) in [5.41, 5.74) is 2.48. The van der Waals surface area contributed by atoms with E-state index in [0.29, 0.717) is 12.6 Å². The third kappa shape index (κ3) is 2.70. The van der Waals surface area contributed by atoms with Crippen molar-refractivity contribution in [2.45, 2.75) is 19.9 Å². The zero-order valence-corrected chi connectivity index (χ0v) is 15.6. The molecular formula is C22H22N4O. The van der Waals surface area contributed by atoms with E-state index in [1.54, 1.807) is 0 Å². The van der Waals surface area contributed by atoms with Gasteiger partial charge < -0.3 is 14.6 Å². The van der Waals surface area contributed by atoms with E-state index in [2.05, 4.69) is 70.1 Å². The van der Waals surface area contributed by atoms with Gasteiger partial charge in [-0.1, -0.05) is 0 Å². The second kappa shape index (κ2) is 6.27. The minimum absolute atomic E-state index is 0.369. The van der Waals surface area contributed by atoms with Gasteiger partial charge in [0.25, 0.3) is 0 Å². The number of hydrogen-bond donors (Lipinski definition) is 1. The van der Waals surface area contributed by atoms with Crippen LogP contribution in [0.4, 0.5) is 0 Å². The summed E-state index contributed by atoms with van der Waals surface area (Å²) < 4.78 is 8.39. The van der Waals surface area contributed by atoms with Gasteiger partial charge in [0.2, 0.25) is 0 Å². The fourth-order valence-electron chi connectivity index (χ4n) is 3.95. The maximum atomic E-state index is 5.99. The van der Waals surface area contributed by atoms with Gasteiger partial charge in [0.15, 0.2) is 0 Å². The zero-order valence-electron chi connectivity index (χ0n) is 15.6. The lowest BCUT2D eigenvalue weighted by molar-refractivity contribution is 0.374. The average Bonchev–Trinajstić information content (AvgIpc) is 3.30. The molecule has 2 aromatic carbocycles. The molecule has 0 bridgehead atoms. The summed E-state index contributed by atoms with van der Waals surface area (Å²) >= 11 is 0. The van der Waals surface area contributed by atoms with E-state index >= 15 is 0 Å². The monoisotopic (exact) mass is 358 g/mol. The van der Waals surface area contributed by atoms with E-state index in [9.17, 15) is 0 Å². The summed E-state index contributed by atoms with van der Waals surface area (Å²) in [6, 6.07) is 13.3. The first-order chi connectivity index (χ1) is 13.2. The van der Waals surface area contributed by atoms with Crippen LogP contribution >= 0.6 is 0 Å². The molecule has 0 radical (unpaired) electrons. The van der Waals surface area contributed by atoms with Gasteiger partial charge in [0.1, 0.15) is 18.2 Å². The molecular weight excluding hydrogens is 336 g/mol. The second-order valence-electron chi connectivity index (χ2n) is 7.28. The molecule has 2 aromatic heterocycles. The van der Waals surface area contributed by atoms with Gasteiger partial charge >= 0.3 is 0 Å². The molecule has 1 aliphatic rings. The summed E-state index contributed by atoms with van der Waals surface area (Å²) in [4.78, 5) is 8.68. The number of nitrogens with zero attached hydrogens (tertiary/aromatic N) is 3. The highest BCUT2D eigenvalue weighted by Gasteiger charge is 2.15. The summed E-state index contributed by atoms with van der Waals surface area (Å²) in [5, 5.41) is 8.06. The number of hydrogen-bond acceptors (Lipinski definition) is 4. The van der Waals surface area contributed by atoms with Crippen molar-refractivity contribution in [3.63, 3.8) is 0 Å². The highest BCUT2D eigenvalue weighted by Crippen LogP contribution is 2.36. The third-order valence-corrected chi connectivity index (χ3v) is 5.17. The molecule has 0 saturated heterocycles. The number of aliphatic imine (C=N–C) groups is 1. The highest BCUT2D eigenvalue weighted by atomic mass is 16.5. The number of rotatable bonds is 4. The van der Waals surface area contributed by atoms with Crippen LogP contribution in [-0.4, -0.2) is 35.1 Å². The Bertz CT molecular complexity index is 1190. The SMILES string of the molecule is CC(C)n1c2ccc(OCC3=NCCN3)cc2c2cc3cnccc3cc21. The maximum Gasteiger partial charge on any atom is 0.145 e. The van der Waals surface area contributed by atoms with Gasteiger partial charge in [0, 0.05) is 52.2 Å². The smallest absolute Gasteiger partial charge is 0.145 e. The number of benzene rings is 2. The molecule has 1 aliphatic heterocycles. The third-order valence-electron chi connectivity index (χ3n) is 5.17. The fourth-order valence-corrected chi connectivity index (χ4v) is 3.95. The zero-order chi connectivity index (χ0) is 18.4. The molecule has 5 heteroatoms. The lowest BCUT2D eigenvalue weighted by atomic mass is 10.1. The first kappa shape index (κ1) is 16.1. The van der Waals surface area contributed by atoms with Crippen molar-refractivity contribution in [2.24, 2.45) is 4.99 Å².